The highest BCUT2D eigenvalue weighted by atomic mass is 16.3. The van der Waals surface area contributed by atoms with E-state index in [4.69, 9.17) is 0 Å². The number of aliphatic hydroxyl groups excluding tert-OH is 2. The van der Waals surface area contributed by atoms with Gasteiger partial charge in [0.1, 0.15) is 12.2 Å². The summed E-state index contributed by atoms with van der Waals surface area (Å²) in [5.74, 6) is 0. The van der Waals surface area contributed by atoms with Crippen molar-refractivity contribution in [2.24, 2.45) is 0 Å². The molecule has 4 aromatic carbocycles. The van der Waals surface area contributed by atoms with Gasteiger partial charge in [0, 0.05) is 0 Å². The fourth-order valence-electron chi connectivity index (χ4n) is 4.11. The van der Waals surface area contributed by atoms with Crippen LogP contribution in [-0.4, -0.2) is 10.2 Å². The first-order chi connectivity index (χ1) is 12.8. The van der Waals surface area contributed by atoms with Crippen molar-refractivity contribution in [2.45, 2.75) is 12.2 Å². The van der Waals surface area contributed by atoms with Crippen molar-refractivity contribution in [1.29, 1.82) is 0 Å². The van der Waals surface area contributed by atoms with Crippen LogP contribution in [0, 0.1) is 0 Å². The third-order valence-electron chi connectivity index (χ3n) is 5.33. The predicted octanol–water partition coefficient (Wildman–Crippen LogP) is 5.25. The summed E-state index contributed by atoms with van der Waals surface area (Å²) >= 11 is 0. The van der Waals surface area contributed by atoms with Crippen LogP contribution < -0.4 is 0 Å². The zero-order chi connectivity index (χ0) is 17.7. The smallest absolute Gasteiger partial charge is 0.110 e. The Labute approximate surface area is 152 Å². The van der Waals surface area contributed by atoms with E-state index in [2.05, 4.69) is 30.3 Å². The molecule has 0 bridgehead atoms. The van der Waals surface area contributed by atoms with Crippen molar-refractivity contribution in [2.75, 3.05) is 0 Å². The molecule has 0 unspecified atom stereocenters. The van der Waals surface area contributed by atoms with Gasteiger partial charge in [-0.1, -0.05) is 84.9 Å². The maximum Gasteiger partial charge on any atom is 0.110 e. The summed E-state index contributed by atoms with van der Waals surface area (Å²) in [7, 11) is 0. The second kappa shape index (κ2) is 5.80. The Morgan fingerprint density at radius 1 is 0.538 bits per heavy atom. The zero-order valence-electron chi connectivity index (χ0n) is 14.1. The number of hydrogen-bond acceptors (Lipinski definition) is 2. The van der Waals surface area contributed by atoms with Gasteiger partial charge in [-0.05, 0) is 44.2 Å². The van der Waals surface area contributed by atoms with Gasteiger partial charge in [-0.3, -0.25) is 0 Å². The molecule has 0 radical (unpaired) electrons. The van der Waals surface area contributed by atoms with E-state index in [1.54, 1.807) is 0 Å². The summed E-state index contributed by atoms with van der Waals surface area (Å²) in [6.45, 7) is 0. The minimum absolute atomic E-state index is 0.780. The van der Waals surface area contributed by atoms with Gasteiger partial charge >= 0.3 is 0 Å². The molecule has 26 heavy (non-hydrogen) atoms. The van der Waals surface area contributed by atoms with Crippen molar-refractivity contribution in [3.63, 3.8) is 0 Å². The van der Waals surface area contributed by atoms with Crippen LogP contribution >= 0.6 is 0 Å². The van der Waals surface area contributed by atoms with Gasteiger partial charge in [0.05, 0.1) is 0 Å². The van der Waals surface area contributed by atoms with Crippen LogP contribution in [0.4, 0.5) is 0 Å². The fourth-order valence-corrected chi connectivity index (χ4v) is 4.11. The van der Waals surface area contributed by atoms with E-state index in [0.717, 1.165) is 44.2 Å². The van der Waals surface area contributed by atoms with Crippen LogP contribution in [0.25, 0.3) is 33.0 Å². The van der Waals surface area contributed by atoms with E-state index >= 15 is 0 Å². The van der Waals surface area contributed by atoms with Crippen LogP contribution in [0.2, 0.25) is 0 Å². The average Bonchev–Trinajstić information content (AvgIpc) is 2.71. The minimum Gasteiger partial charge on any atom is -0.385 e. The van der Waals surface area contributed by atoms with Crippen LogP contribution in [0.15, 0.2) is 84.9 Å². The average molecular weight is 338 g/mol. The SMILES string of the molecule is O[C@@H]1c2cccc(-c3ccccc3)c2-c2c(ccc3ccccc23)[C@H]1O. The molecule has 5 rings (SSSR count). The van der Waals surface area contributed by atoms with Crippen molar-refractivity contribution in [3.05, 3.63) is 96.1 Å². The van der Waals surface area contributed by atoms with Crippen molar-refractivity contribution in [1.82, 2.24) is 0 Å². The maximum absolute atomic E-state index is 10.8. The van der Waals surface area contributed by atoms with E-state index in [0.29, 0.717) is 0 Å². The second-order valence-electron chi connectivity index (χ2n) is 6.78. The van der Waals surface area contributed by atoms with Gasteiger partial charge in [0.15, 0.2) is 0 Å². The number of aliphatic hydroxyl groups is 2. The van der Waals surface area contributed by atoms with Gasteiger partial charge in [0.2, 0.25) is 0 Å². The lowest BCUT2D eigenvalue weighted by Gasteiger charge is -2.31. The van der Waals surface area contributed by atoms with E-state index in [9.17, 15) is 10.2 Å². The van der Waals surface area contributed by atoms with E-state index in [1.807, 2.05) is 54.6 Å². The molecule has 2 nitrogen and oxygen atoms in total. The lowest BCUT2D eigenvalue weighted by atomic mass is 9.77. The quantitative estimate of drug-likeness (QED) is 0.497. The van der Waals surface area contributed by atoms with Gasteiger partial charge in [-0.15, -0.1) is 0 Å². The molecule has 2 N–H and O–H groups in total. The highest BCUT2D eigenvalue weighted by molar-refractivity contribution is 6.04. The molecule has 0 saturated heterocycles. The summed E-state index contributed by atoms with van der Waals surface area (Å²) in [6, 6.07) is 28.3. The first-order valence-corrected chi connectivity index (χ1v) is 8.82. The monoisotopic (exact) mass is 338 g/mol. The molecule has 126 valence electrons. The van der Waals surface area contributed by atoms with Crippen LogP contribution in [0.5, 0.6) is 0 Å². The molecule has 0 fully saturated rings. The molecule has 0 spiro atoms. The highest BCUT2D eigenvalue weighted by Gasteiger charge is 2.33. The molecule has 0 aliphatic heterocycles. The van der Waals surface area contributed by atoms with Gasteiger partial charge in [-0.2, -0.15) is 0 Å². The lowest BCUT2D eigenvalue weighted by molar-refractivity contribution is 0.0159. The summed E-state index contributed by atoms with van der Waals surface area (Å²) in [5, 5.41) is 23.7. The predicted molar refractivity (Wildman–Crippen MR) is 105 cm³/mol. The molecule has 0 saturated carbocycles. The molecule has 1 aliphatic rings. The van der Waals surface area contributed by atoms with Crippen LogP contribution in [-0.2, 0) is 0 Å². The molecule has 0 amide bonds. The highest BCUT2D eigenvalue weighted by Crippen LogP contribution is 2.50. The van der Waals surface area contributed by atoms with Crippen LogP contribution in [0.1, 0.15) is 23.3 Å². The lowest BCUT2D eigenvalue weighted by Crippen LogP contribution is -2.18. The zero-order valence-corrected chi connectivity index (χ0v) is 14.1. The van der Waals surface area contributed by atoms with Crippen molar-refractivity contribution >= 4 is 10.8 Å². The normalized spacial score (nSPS) is 18.4. The Morgan fingerprint density at radius 3 is 2.04 bits per heavy atom. The number of hydrogen-bond donors (Lipinski definition) is 2. The largest absolute Gasteiger partial charge is 0.385 e. The fraction of sp³-hybridized carbons (Fsp3) is 0.0833. The van der Waals surface area contributed by atoms with Gasteiger partial charge in [-0.25, -0.2) is 0 Å². The molecule has 2 atom stereocenters. The summed E-state index contributed by atoms with van der Waals surface area (Å²) in [4.78, 5) is 0. The molecule has 0 heterocycles. The van der Waals surface area contributed by atoms with E-state index < -0.39 is 12.2 Å². The number of rotatable bonds is 1. The Kier molecular flexibility index (Phi) is 3.42. The topological polar surface area (TPSA) is 40.5 Å². The molecular formula is C24H18O2. The van der Waals surface area contributed by atoms with E-state index in [-0.39, 0.29) is 0 Å². The standard InChI is InChI=1S/C24H18O2/c25-23-19-12-6-11-18(15-7-2-1-3-8-15)21(19)22-17-10-5-4-9-16(17)13-14-20(22)24(23)26/h1-14,23-26H/t23-,24-/m1/s1. The summed E-state index contributed by atoms with van der Waals surface area (Å²) < 4.78 is 0. The Morgan fingerprint density at radius 2 is 1.23 bits per heavy atom. The van der Waals surface area contributed by atoms with E-state index in [1.165, 1.54) is 0 Å². The Balaban J connectivity index is 1.93. The van der Waals surface area contributed by atoms with Crippen molar-refractivity contribution < 1.29 is 10.2 Å². The maximum atomic E-state index is 10.8. The van der Waals surface area contributed by atoms with Crippen LogP contribution in [0.3, 0.4) is 0 Å². The summed E-state index contributed by atoms with van der Waals surface area (Å²) in [5.41, 5.74) is 5.78. The molecule has 0 aromatic heterocycles. The number of benzene rings is 4. The summed E-state index contributed by atoms with van der Waals surface area (Å²) in [6.07, 6.45) is -1.85. The van der Waals surface area contributed by atoms with Gasteiger partial charge in [0.25, 0.3) is 0 Å². The molecule has 2 heteroatoms. The Hall–Kier alpha value is -2.94. The second-order valence-corrected chi connectivity index (χ2v) is 6.78. The first kappa shape index (κ1) is 15.3. The molecular weight excluding hydrogens is 320 g/mol. The third kappa shape index (κ3) is 2.13. The van der Waals surface area contributed by atoms with Gasteiger partial charge < -0.3 is 10.2 Å². The Bertz CT molecular complexity index is 1120. The third-order valence-corrected chi connectivity index (χ3v) is 5.33. The molecule has 4 aromatic rings. The number of fused-ring (bicyclic) bond motifs is 5. The van der Waals surface area contributed by atoms with Crippen molar-refractivity contribution in [3.8, 4) is 22.3 Å². The minimum atomic E-state index is -0.928. The first-order valence-electron chi connectivity index (χ1n) is 8.82. The molecule has 1 aliphatic carbocycles.